The summed E-state index contributed by atoms with van der Waals surface area (Å²) < 4.78 is 7.47. The van der Waals surface area contributed by atoms with Crippen molar-refractivity contribution in [3.05, 3.63) is 17.5 Å². The second-order valence-corrected chi connectivity index (χ2v) is 4.17. The van der Waals surface area contributed by atoms with Gasteiger partial charge < -0.3 is 10.1 Å². The van der Waals surface area contributed by atoms with Crippen LogP contribution in [-0.2, 0) is 18.3 Å². The fourth-order valence-electron chi connectivity index (χ4n) is 2.00. The van der Waals surface area contributed by atoms with Crippen molar-refractivity contribution in [2.75, 3.05) is 13.2 Å². The van der Waals surface area contributed by atoms with Crippen LogP contribution in [0.2, 0.25) is 0 Å². The Morgan fingerprint density at radius 1 is 1.67 bits per heavy atom. The molecular formula is C11H19N3O. The summed E-state index contributed by atoms with van der Waals surface area (Å²) in [6.07, 6.45) is 2.81. The van der Waals surface area contributed by atoms with Crippen molar-refractivity contribution in [2.45, 2.75) is 32.4 Å². The molecule has 4 heteroatoms. The predicted octanol–water partition coefficient (Wildman–Crippen LogP) is 0.997. The first kappa shape index (κ1) is 10.6. The molecule has 2 heterocycles. The third-order valence-electron chi connectivity index (χ3n) is 2.80. The molecule has 1 atom stereocenters. The molecule has 1 fully saturated rings. The van der Waals surface area contributed by atoms with Crippen molar-refractivity contribution in [3.8, 4) is 0 Å². The van der Waals surface area contributed by atoms with E-state index in [9.17, 15) is 0 Å². The molecule has 0 unspecified atom stereocenters. The molecule has 2 rings (SSSR count). The summed E-state index contributed by atoms with van der Waals surface area (Å²) >= 11 is 0. The fourth-order valence-corrected chi connectivity index (χ4v) is 2.00. The third-order valence-corrected chi connectivity index (χ3v) is 2.80. The molecule has 0 bridgehead atoms. The lowest BCUT2D eigenvalue weighted by atomic mass is 10.2. The van der Waals surface area contributed by atoms with E-state index in [1.54, 1.807) is 0 Å². The number of rotatable bonds is 4. The van der Waals surface area contributed by atoms with E-state index < -0.39 is 0 Å². The van der Waals surface area contributed by atoms with Gasteiger partial charge in [-0.3, -0.25) is 4.68 Å². The van der Waals surface area contributed by atoms with Gasteiger partial charge in [0, 0.05) is 26.7 Å². The molecule has 1 N–H and O–H groups in total. The first-order chi connectivity index (χ1) is 7.25. The highest BCUT2D eigenvalue weighted by Gasteiger charge is 2.14. The van der Waals surface area contributed by atoms with Crippen LogP contribution in [0.5, 0.6) is 0 Å². The Morgan fingerprint density at radius 3 is 3.13 bits per heavy atom. The Morgan fingerprint density at radius 2 is 2.53 bits per heavy atom. The van der Waals surface area contributed by atoms with Crippen LogP contribution in [-0.4, -0.2) is 29.0 Å². The van der Waals surface area contributed by atoms with Gasteiger partial charge in [0.05, 0.1) is 17.5 Å². The molecule has 0 spiro atoms. The number of aryl methyl sites for hydroxylation is 2. The molecule has 0 amide bonds. The van der Waals surface area contributed by atoms with Gasteiger partial charge >= 0.3 is 0 Å². The summed E-state index contributed by atoms with van der Waals surface area (Å²) in [4.78, 5) is 0. The molecule has 1 aromatic rings. The van der Waals surface area contributed by atoms with E-state index in [-0.39, 0.29) is 0 Å². The monoisotopic (exact) mass is 209 g/mol. The van der Waals surface area contributed by atoms with Gasteiger partial charge in [-0.25, -0.2) is 0 Å². The molecular weight excluding hydrogens is 190 g/mol. The molecule has 0 saturated carbocycles. The van der Waals surface area contributed by atoms with E-state index in [0.717, 1.165) is 25.4 Å². The van der Waals surface area contributed by atoms with Gasteiger partial charge in [0.1, 0.15) is 0 Å². The van der Waals surface area contributed by atoms with Crippen molar-refractivity contribution >= 4 is 0 Å². The summed E-state index contributed by atoms with van der Waals surface area (Å²) in [6, 6.07) is 2.11. The average molecular weight is 209 g/mol. The molecule has 4 nitrogen and oxygen atoms in total. The Kier molecular flexibility index (Phi) is 3.38. The third kappa shape index (κ3) is 2.79. The van der Waals surface area contributed by atoms with Crippen LogP contribution < -0.4 is 5.32 Å². The van der Waals surface area contributed by atoms with Gasteiger partial charge in [0.25, 0.3) is 0 Å². The minimum atomic E-state index is 0.416. The van der Waals surface area contributed by atoms with Crippen LogP contribution in [0.25, 0.3) is 0 Å². The molecule has 1 saturated heterocycles. The lowest BCUT2D eigenvalue weighted by Gasteiger charge is -2.10. The molecule has 1 aliphatic rings. The van der Waals surface area contributed by atoms with Gasteiger partial charge in [0.15, 0.2) is 0 Å². The molecule has 0 radical (unpaired) electrons. The van der Waals surface area contributed by atoms with Crippen LogP contribution >= 0.6 is 0 Å². The average Bonchev–Trinajstić information content (AvgIpc) is 2.77. The lowest BCUT2D eigenvalue weighted by molar-refractivity contribution is 0.110. The Bertz CT molecular complexity index is 316. The number of hydrogen-bond donors (Lipinski definition) is 1. The zero-order valence-corrected chi connectivity index (χ0v) is 9.49. The van der Waals surface area contributed by atoms with Crippen molar-refractivity contribution in [1.82, 2.24) is 15.1 Å². The maximum Gasteiger partial charge on any atom is 0.0700 e. The van der Waals surface area contributed by atoms with E-state index in [1.807, 2.05) is 18.7 Å². The molecule has 84 valence electrons. The highest BCUT2D eigenvalue weighted by molar-refractivity contribution is 5.08. The minimum absolute atomic E-state index is 0.416. The van der Waals surface area contributed by atoms with Crippen LogP contribution in [0.3, 0.4) is 0 Å². The van der Waals surface area contributed by atoms with Gasteiger partial charge in [-0.1, -0.05) is 0 Å². The molecule has 1 aromatic heterocycles. The summed E-state index contributed by atoms with van der Waals surface area (Å²) in [5, 5.41) is 7.72. The van der Waals surface area contributed by atoms with Gasteiger partial charge in [-0.2, -0.15) is 5.10 Å². The number of nitrogens with one attached hydrogen (secondary N) is 1. The van der Waals surface area contributed by atoms with E-state index in [1.165, 1.54) is 18.5 Å². The highest BCUT2D eigenvalue weighted by atomic mass is 16.5. The summed E-state index contributed by atoms with van der Waals surface area (Å²) in [5.74, 6) is 0. The highest BCUT2D eigenvalue weighted by Crippen LogP contribution is 2.10. The topological polar surface area (TPSA) is 39.1 Å². The quantitative estimate of drug-likeness (QED) is 0.804. The number of aromatic nitrogens is 2. The molecule has 0 aromatic carbocycles. The zero-order valence-electron chi connectivity index (χ0n) is 9.49. The number of ether oxygens (including phenoxy) is 1. The standard InChI is InChI=1S/C11H19N3O/c1-9-6-10(14(2)13-9)7-12-8-11-4-3-5-15-11/h6,11-12H,3-5,7-8H2,1-2H3/t11-/m1/s1. The largest absolute Gasteiger partial charge is 0.377 e. The maximum atomic E-state index is 5.54. The first-order valence-electron chi connectivity index (χ1n) is 5.57. The second kappa shape index (κ2) is 4.77. The molecule has 0 aliphatic carbocycles. The number of nitrogens with zero attached hydrogens (tertiary/aromatic N) is 2. The minimum Gasteiger partial charge on any atom is -0.377 e. The number of hydrogen-bond acceptors (Lipinski definition) is 3. The van der Waals surface area contributed by atoms with E-state index in [4.69, 9.17) is 4.74 Å². The smallest absolute Gasteiger partial charge is 0.0700 e. The molecule has 15 heavy (non-hydrogen) atoms. The Balaban J connectivity index is 1.75. The van der Waals surface area contributed by atoms with Gasteiger partial charge in [-0.05, 0) is 25.8 Å². The Hall–Kier alpha value is -0.870. The van der Waals surface area contributed by atoms with Crippen LogP contribution in [0.1, 0.15) is 24.2 Å². The van der Waals surface area contributed by atoms with Gasteiger partial charge in [0.2, 0.25) is 0 Å². The van der Waals surface area contributed by atoms with E-state index >= 15 is 0 Å². The predicted molar refractivity (Wildman–Crippen MR) is 58.6 cm³/mol. The van der Waals surface area contributed by atoms with Crippen LogP contribution in [0.15, 0.2) is 6.07 Å². The summed E-state index contributed by atoms with van der Waals surface area (Å²) in [6.45, 7) is 4.77. The summed E-state index contributed by atoms with van der Waals surface area (Å²) in [5.41, 5.74) is 2.30. The van der Waals surface area contributed by atoms with E-state index in [2.05, 4.69) is 16.5 Å². The van der Waals surface area contributed by atoms with E-state index in [0.29, 0.717) is 6.10 Å². The first-order valence-corrected chi connectivity index (χ1v) is 5.57. The molecule has 1 aliphatic heterocycles. The second-order valence-electron chi connectivity index (χ2n) is 4.17. The van der Waals surface area contributed by atoms with Crippen molar-refractivity contribution < 1.29 is 4.74 Å². The van der Waals surface area contributed by atoms with Crippen molar-refractivity contribution in [2.24, 2.45) is 7.05 Å². The van der Waals surface area contributed by atoms with Crippen LogP contribution in [0, 0.1) is 6.92 Å². The Labute approximate surface area is 90.6 Å². The maximum absolute atomic E-state index is 5.54. The van der Waals surface area contributed by atoms with Crippen molar-refractivity contribution in [3.63, 3.8) is 0 Å². The zero-order chi connectivity index (χ0) is 10.7. The van der Waals surface area contributed by atoms with Gasteiger partial charge in [-0.15, -0.1) is 0 Å². The normalized spacial score (nSPS) is 21.1. The van der Waals surface area contributed by atoms with Crippen molar-refractivity contribution in [1.29, 1.82) is 0 Å². The fraction of sp³-hybridized carbons (Fsp3) is 0.727. The lowest BCUT2D eigenvalue weighted by Crippen LogP contribution is -2.26. The van der Waals surface area contributed by atoms with Crippen LogP contribution in [0.4, 0.5) is 0 Å². The summed E-state index contributed by atoms with van der Waals surface area (Å²) in [7, 11) is 1.98. The SMILES string of the molecule is Cc1cc(CNC[C@H]2CCCO2)n(C)n1.